The van der Waals surface area contributed by atoms with Crippen LogP contribution in [0.5, 0.6) is 0 Å². The summed E-state index contributed by atoms with van der Waals surface area (Å²) in [4.78, 5) is 23.5. The maximum absolute atomic E-state index is 11.8. The third-order valence-electron chi connectivity index (χ3n) is 3.39. The van der Waals surface area contributed by atoms with Gasteiger partial charge in [-0.3, -0.25) is 9.59 Å². The first-order valence-corrected chi connectivity index (χ1v) is 8.31. The molecule has 2 aromatic rings. The van der Waals surface area contributed by atoms with Crippen molar-refractivity contribution in [2.24, 2.45) is 0 Å². The minimum Gasteiger partial charge on any atom is -0.354 e. The average molecular weight is 365 g/mol. The van der Waals surface area contributed by atoms with E-state index in [4.69, 9.17) is 23.2 Å². The Balaban J connectivity index is 1.67. The highest BCUT2D eigenvalue weighted by molar-refractivity contribution is 6.35. The summed E-state index contributed by atoms with van der Waals surface area (Å²) in [6.07, 6.45) is 0.855. The SMILES string of the molecule is O=C(CNC(=O)Cc1ccccc1)NCCc1ccc(Cl)cc1Cl. The molecular formula is C18H18Cl2N2O2. The van der Waals surface area contributed by atoms with Crippen molar-refractivity contribution >= 4 is 35.0 Å². The minimum atomic E-state index is -0.235. The van der Waals surface area contributed by atoms with E-state index in [-0.39, 0.29) is 24.8 Å². The van der Waals surface area contributed by atoms with Crippen LogP contribution in [0.1, 0.15) is 11.1 Å². The second kappa shape index (κ2) is 9.30. The van der Waals surface area contributed by atoms with Crippen LogP contribution in [-0.4, -0.2) is 24.9 Å². The van der Waals surface area contributed by atoms with E-state index in [2.05, 4.69) is 10.6 Å². The predicted molar refractivity (Wildman–Crippen MR) is 96.3 cm³/mol. The topological polar surface area (TPSA) is 58.2 Å². The van der Waals surface area contributed by atoms with E-state index in [1.807, 2.05) is 36.4 Å². The summed E-state index contributed by atoms with van der Waals surface area (Å²) in [5, 5.41) is 6.51. The van der Waals surface area contributed by atoms with Gasteiger partial charge in [-0.25, -0.2) is 0 Å². The molecule has 0 aromatic heterocycles. The molecule has 2 rings (SSSR count). The van der Waals surface area contributed by atoms with Gasteiger partial charge in [-0.15, -0.1) is 0 Å². The molecular weight excluding hydrogens is 347 g/mol. The van der Waals surface area contributed by atoms with Gasteiger partial charge < -0.3 is 10.6 Å². The Labute approximate surface area is 151 Å². The summed E-state index contributed by atoms with van der Waals surface area (Å²) < 4.78 is 0. The molecule has 6 heteroatoms. The van der Waals surface area contributed by atoms with Crippen molar-refractivity contribution in [2.45, 2.75) is 12.8 Å². The van der Waals surface area contributed by atoms with Crippen molar-refractivity contribution in [2.75, 3.05) is 13.1 Å². The Bertz CT molecular complexity index is 705. The first-order valence-electron chi connectivity index (χ1n) is 7.56. The van der Waals surface area contributed by atoms with Crippen LogP contribution >= 0.6 is 23.2 Å². The van der Waals surface area contributed by atoms with Gasteiger partial charge in [0.25, 0.3) is 0 Å². The summed E-state index contributed by atoms with van der Waals surface area (Å²) in [6.45, 7) is 0.398. The standard InChI is InChI=1S/C18H18Cl2N2O2/c19-15-7-6-14(16(20)11-15)8-9-21-18(24)12-22-17(23)10-13-4-2-1-3-5-13/h1-7,11H,8-10,12H2,(H,21,24)(H,22,23). The van der Waals surface area contributed by atoms with Crippen LogP contribution in [0.2, 0.25) is 10.0 Å². The van der Waals surface area contributed by atoms with Crippen LogP contribution in [0.15, 0.2) is 48.5 Å². The molecule has 0 bridgehead atoms. The molecule has 0 saturated heterocycles. The molecule has 4 nitrogen and oxygen atoms in total. The van der Waals surface area contributed by atoms with E-state index in [1.165, 1.54) is 0 Å². The second-order valence-electron chi connectivity index (χ2n) is 5.27. The number of amides is 2. The van der Waals surface area contributed by atoms with Crippen LogP contribution in [0.25, 0.3) is 0 Å². The molecule has 0 aliphatic rings. The summed E-state index contributed by atoms with van der Waals surface area (Å²) >= 11 is 11.9. The zero-order chi connectivity index (χ0) is 17.4. The Morgan fingerprint density at radius 2 is 1.67 bits per heavy atom. The van der Waals surface area contributed by atoms with Crippen molar-refractivity contribution in [3.8, 4) is 0 Å². The van der Waals surface area contributed by atoms with E-state index in [1.54, 1.807) is 12.1 Å². The van der Waals surface area contributed by atoms with Crippen molar-refractivity contribution in [1.82, 2.24) is 10.6 Å². The molecule has 0 heterocycles. The molecule has 0 fully saturated rings. The number of carbonyl (C=O) groups is 2. The molecule has 0 saturated carbocycles. The maximum atomic E-state index is 11.8. The predicted octanol–water partition coefficient (Wildman–Crippen LogP) is 3.01. The number of hydrogen-bond acceptors (Lipinski definition) is 2. The highest BCUT2D eigenvalue weighted by Gasteiger charge is 2.07. The molecule has 126 valence electrons. The van der Waals surface area contributed by atoms with Crippen molar-refractivity contribution < 1.29 is 9.59 Å². The maximum Gasteiger partial charge on any atom is 0.239 e. The van der Waals surface area contributed by atoms with Gasteiger partial charge in [0.2, 0.25) is 11.8 Å². The van der Waals surface area contributed by atoms with Crippen LogP contribution < -0.4 is 10.6 Å². The number of halogens is 2. The Morgan fingerprint density at radius 3 is 2.38 bits per heavy atom. The van der Waals surface area contributed by atoms with E-state index in [0.29, 0.717) is 23.0 Å². The van der Waals surface area contributed by atoms with Gasteiger partial charge >= 0.3 is 0 Å². The van der Waals surface area contributed by atoms with Gasteiger partial charge in [-0.2, -0.15) is 0 Å². The highest BCUT2D eigenvalue weighted by Crippen LogP contribution is 2.20. The highest BCUT2D eigenvalue weighted by atomic mass is 35.5. The summed E-state index contributed by atoms with van der Waals surface area (Å²) in [5.41, 5.74) is 1.82. The average Bonchev–Trinajstić information content (AvgIpc) is 2.56. The van der Waals surface area contributed by atoms with E-state index in [0.717, 1.165) is 11.1 Å². The lowest BCUT2D eigenvalue weighted by Gasteiger charge is -2.08. The smallest absolute Gasteiger partial charge is 0.239 e. The fourth-order valence-electron chi connectivity index (χ4n) is 2.15. The van der Waals surface area contributed by atoms with Gasteiger partial charge in [0.15, 0.2) is 0 Å². The van der Waals surface area contributed by atoms with Crippen LogP contribution in [-0.2, 0) is 22.4 Å². The largest absolute Gasteiger partial charge is 0.354 e. The van der Waals surface area contributed by atoms with E-state index in [9.17, 15) is 9.59 Å². The molecule has 0 aliphatic heterocycles. The van der Waals surface area contributed by atoms with Crippen molar-refractivity contribution in [3.05, 3.63) is 69.7 Å². The molecule has 0 spiro atoms. The van der Waals surface area contributed by atoms with Gasteiger partial charge in [-0.1, -0.05) is 59.6 Å². The van der Waals surface area contributed by atoms with Crippen LogP contribution in [0, 0.1) is 0 Å². The fourth-order valence-corrected chi connectivity index (χ4v) is 2.65. The quantitative estimate of drug-likeness (QED) is 0.793. The number of carbonyl (C=O) groups excluding carboxylic acids is 2. The summed E-state index contributed by atoms with van der Waals surface area (Å²) in [5.74, 6) is -0.418. The molecule has 0 radical (unpaired) electrons. The molecule has 2 N–H and O–H groups in total. The van der Waals surface area contributed by atoms with Crippen molar-refractivity contribution in [1.29, 1.82) is 0 Å². The monoisotopic (exact) mass is 364 g/mol. The first-order chi connectivity index (χ1) is 11.5. The second-order valence-corrected chi connectivity index (χ2v) is 6.12. The Morgan fingerprint density at radius 1 is 0.917 bits per heavy atom. The molecule has 0 aliphatic carbocycles. The molecule has 2 amide bonds. The Hall–Kier alpha value is -2.04. The zero-order valence-corrected chi connectivity index (χ0v) is 14.5. The Kier molecular flexibility index (Phi) is 7.09. The van der Waals surface area contributed by atoms with Gasteiger partial charge in [0.1, 0.15) is 0 Å². The van der Waals surface area contributed by atoms with E-state index < -0.39 is 0 Å². The lowest BCUT2D eigenvalue weighted by atomic mass is 10.1. The molecule has 24 heavy (non-hydrogen) atoms. The summed E-state index contributed by atoms with van der Waals surface area (Å²) in [7, 11) is 0. The number of hydrogen-bond donors (Lipinski definition) is 2. The van der Waals surface area contributed by atoms with Gasteiger partial charge in [0.05, 0.1) is 13.0 Å². The van der Waals surface area contributed by atoms with Crippen LogP contribution in [0.3, 0.4) is 0 Å². The van der Waals surface area contributed by atoms with Gasteiger partial charge in [0, 0.05) is 16.6 Å². The van der Waals surface area contributed by atoms with Gasteiger partial charge in [-0.05, 0) is 29.7 Å². The number of nitrogens with one attached hydrogen (secondary N) is 2. The van der Waals surface area contributed by atoms with Crippen molar-refractivity contribution in [3.63, 3.8) is 0 Å². The third kappa shape index (κ3) is 6.22. The molecule has 0 atom stereocenters. The number of benzene rings is 2. The van der Waals surface area contributed by atoms with E-state index >= 15 is 0 Å². The normalized spacial score (nSPS) is 10.2. The minimum absolute atomic E-state index is 0.0416. The lowest BCUT2D eigenvalue weighted by Crippen LogP contribution is -2.38. The summed E-state index contributed by atoms with van der Waals surface area (Å²) in [6, 6.07) is 14.6. The van der Waals surface area contributed by atoms with Crippen LogP contribution in [0.4, 0.5) is 0 Å². The molecule has 0 unspecified atom stereocenters. The molecule has 2 aromatic carbocycles. The lowest BCUT2D eigenvalue weighted by molar-refractivity contribution is -0.125. The fraction of sp³-hybridized carbons (Fsp3) is 0.222. The third-order valence-corrected chi connectivity index (χ3v) is 3.97. The number of rotatable bonds is 7. The first kappa shape index (κ1) is 18.3. The zero-order valence-electron chi connectivity index (χ0n) is 13.0.